The number of fused-ring (bicyclic) bond motifs is 1. The highest BCUT2D eigenvalue weighted by Gasteiger charge is 2.25. The molecule has 1 saturated heterocycles. The molecule has 148 valence electrons. The number of tetrazole rings is 1. The minimum absolute atomic E-state index is 0.0305. The van der Waals surface area contributed by atoms with Crippen molar-refractivity contribution >= 4 is 11.9 Å². The molecule has 2 aliphatic heterocycles. The maximum Gasteiger partial charge on any atom is 0.254 e. The van der Waals surface area contributed by atoms with Gasteiger partial charge in [-0.3, -0.25) is 4.79 Å². The number of ether oxygens (including phenoxy) is 1. The highest BCUT2D eigenvalue weighted by Crippen LogP contribution is 2.22. The van der Waals surface area contributed by atoms with Gasteiger partial charge in [-0.15, -0.1) is 5.10 Å². The third-order valence-electron chi connectivity index (χ3n) is 5.22. The number of hydrogen-bond donors (Lipinski definition) is 0. The Hall–Kier alpha value is -3.40. The van der Waals surface area contributed by atoms with Crippen LogP contribution in [0.3, 0.4) is 0 Å². The lowest BCUT2D eigenvalue weighted by molar-refractivity contribution is 0.0731. The molecule has 29 heavy (non-hydrogen) atoms. The summed E-state index contributed by atoms with van der Waals surface area (Å²) in [6.45, 7) is 4.05. The van der Waals surface area contributed by atoms with Gasteiger partial charge in [-0.25, -0.2) is 14.6 Å². The van der Waals surface area contributed by atoms with E-state index in [2.05, 4.69) is 25.4 Å². The van der Waals surface area contributed by atoms with Gasteiger partial charge >= 0.3 is 0 Å². The summed E-state index contributed by atoms with van der Waals surface area (Å²) in [5.74, 6) is 0.680. The summed E-state index contributed by atoms with van der Waals surface area (Å²) < 4.78 is 6.94. The number of morpholine rings is 1. The molecule has 0 spiro atoms. The number of carbonyl (C=O) groups excluding carboxylic acids is 1. The molecule has 10 nitrogen and oxygen atoms in total. The van der Waals surface area contributed by atoms with Crippen molar-refractivity contribution in [2.75, 3.05) is 37.7 Å². The second-order valence-corrected chi connectivity index (χ2v) is 7.02. The van der Waals surface area contributed by atoms with Crippen molar-refractivity contribution in [2.45, 2.75) is 13.0 Å². The van der Waals surface area contributed by atoms with Crippen molar-refractivity contribution in [3.63, 3.8) is 0 Å². The van der Waals surface area contributed by atoms with Crippen LogP contribution in [0, 0.1) is 0 Å². The van der Waals surface area contributed by atoms with E-state index in [9.17, 15) is 4.79 Å². The molecule has 0 N–H and O–H groups in total. The van der Waals surface area contributed by atoms with Crippen LogP contribution in [0.4, 0.5) is 5.95 Å². The van der Waals surface area contributed by atoms with E-state index in [-0.39, 0.29) is 5.91 Å². The highest BCUT2D eigenvalue weighted by atomic mass is 16.5. The van der Waals surface area contributed by atoms with E-state index >= 15 is 0 Å². The first-order valence-corrected chi connectivity index (χ1v) is 9.58. The highest BCUT2D eigenvalue weighted by molar-refractivity contribution is 5.94. The first kappa shape index (κ1) is 17.7. The zero-order valence-electron chi connectivity index (χ0n) is 15.8. The fourth-order valence-electron chi connectivity index (χ4n) is 3.63. The lowest BCUT2D eigenvalue weighted by atomic mass is 10.1. The van der Waals surface area contributed by atoms with Gasteiger partial charge < -0.3 is 14.5 Å². The molecule has 1 aromatic carbocycles. The van der Waals surface area contributed by atoms with Crippen LogP contribution in [0.1, 0.15) is 21.6 Å². The molecule has 0 bridgehead atoms. The summed E-state index contributed by atoms with van der Waals surface area (Å²) in [6, 6.07) is 7.31. The molecule has 10 heteroatoms. The molecular weight excluding hydrogens is 372 g/mol. The lowest BCUT2D eigenvalue weighted by Gasteiger charge is -2.30. The van der Waals surface area contributed by atoms with E-state index in [0.29, 0.717) is 37.8 Å². The van der Waals surface area contributed by atoms with E-state index in [4.69, 9.17) is 9.72 Å². The number of benzene rings is 1. The first-order valence-electron chi connectivity index (χ1n) is 9.58. The number of nitrogens with zero attached hydrogens (tertiary/aromatic N) is 8. The second-order valence-electron chi connectivity index (χ2n) is 7.02. The molecule has 1 fully saturated rings. The first-order chi connectivity index (χ1) is 14.3. The van der Waals surface area contributed by atoms with Gasteiger partial charge in [0, 0.05) is 31.4 Å². The Labute approximate surface area is 167 Å². The maximum atomic E-state index is 13.1. The standard InChI is InChI=1S/C19H20N8O2/c28-18(14-2-1-3-16(10-14)27-13-21-23-24-27)26-5-4-15-11-20-19(22-17(15)12-26)25-6-8-29-9-7-25/h1-3,10-11,13H,4-9,12H2. The molecule has 0 unspecified atom stereocenters. The number of rotatable bonds is 3. The van der Waals surface area contributed by atoms with Gasteiger partial charge in [-0.1, -0.05) is 6.07 Å². The van der Waals surface area contributed by atoms with Crippen LogP contribution in [0.15, 0.2) is 36.8 Å². The van der Waals surface area contributed by atoms with Gasteiger partial charge in [0.1, 0.15) is 6.33 Å². The van der Waals surface area contributed by atoms with Crippen molar-refractivity contribution in [1.29, 1.82) is 0 Å². The van der Waals surface area contributed by atoms with Crippen molar-refractivity contribution in [2.24, 2.45) is 0 Å². The number of carbonyl (C=O) groups is 1. The summed E-state index contributed by atoms with van der Waals surface area (Å²) in [5.41, 5.74) is 3.37. The second kappa shape index (κ2) is 7.55. The van der Waals surface area contributed by atoms with Crippen molar-refractivity contribution < 1.29 is 9.53 Å². The normalized spacial score (nSPS) is 16.6. The fraction of sp³-hybridized carbons (Fsp3) is 0.368. The van der Waals surface area contributed by atoms with E-state index in [1.165, 1.54) is 11.0 Å². The molecule has 2 aromatic heterocycles. The molecule has 1 amide bonds. The Balaban J connectivity index is 1.36. The van der Waals surface area contributed by atoms with Crippen LogP contribution >= 0.6 is 0 Å². The Bertz CT molecular complexity index is 1020. The van der Waals surface area contributed by atoms with Crippen LogP contribution in [0.25, 0.3) is 5.69 Å². The van der Waals surface area contributed by atoms with Gasteiger partial charge in [-0.2, -0.15) is 0 Å². The minimum atomic E-state index is -0.0305. The van der Waals surface area contributed by atoms with Crippen LogP contribution in [0.5, 0.6) is 0 Å². The third kappa shape index (κ3) is 3.54. The van der Waals surface area contributed by atoms with Gasteiger partial charge in [-0.05, 0) is 40.6 Å². The largest absolute Gasteiger partial charge is 0.378 e. The lowest BCUT2D eigenvalue weighted by Crippen LogP contribution is -2.39. The quantitative estimate of drug-likeness (QED) is 0.635. The smallest absolute Gasteiger partial charge is 0.254 e. The molecule has 0 aliphatic carbocycles. The summed E-state index contributed by atoms with van der Waals surface area (Å²) >= 11 is 0. The molecule has 2 aliphatic rings. The summed E-state index contributed by atoms with van der Waals surface area (Å²) in [7, 11) is 0. The number of anilines is 1. The van der Waals surface area contributed by atoms with Gasteiger partial charge in [0.2, 0.25) is 5.95 Å². The van der Waals surface area contributed by atoms with Gasteiger partial charge in [0.15, 0.2) is 0 Å². The number of aromatic nitrogens is 6. The average Bonchev–Trinajstić information content (AvgIpc) is 3.34. The predicted octanol–water partition coefficient (Wildman–Crippen LogP) is 0.487. The average molecular weight is 392 g/mol. The van der Waals surface area contributed by atoms with E-state index < -0.39 is 0 Å². The van der Waals surface area contributed by atoms with Crippen LogP contribution in [-0.2, 0) is 17.7 Å². The molecule has 5 rings (SSSR count). The zero-order valence-corrected chi connectivity index (χ0v) is 15.8. The zero-order chi connectivity index (χ0) is 19.6. The molecule has 0 radical (unpaired) electrons. The van der Waals surface area contributed by atoms with Crippen molar-refractivity contribution in [1.82, 2.24) is 35.1 Å². The number of amides is 1. The Morgan fingerprint density at radius 3 is 2.86 bits per heavy atom. The van der Waals surface area contributed by atoms with Crippen molar-refractivity contribution in [3.8, 4) is 5.69 Å². The molecular formula is C19H20N8O2. The minimum Gasteiger partial charge on any atom is -0.378 e. The van der Waals surface area contributed by atoms with Crippen LogP contribution < -0.4 is 4.90 Å². The third-order valence-corrected chi connectivity index (χ3v) is 5.22. The topological polar surface area (TPSA) is 102 Å². The summed E-state index contributed by atoms with van der Waals surface area (Å²) in [5, 5.41) is 11.2. The SMILES string of the molecule is O=C(c1cccc(-n2cnnn2)c1)N1CCc2cnc(N3CCOCC3)nc2C1. The van der Waals surface area contributed by atoms with E-state index in [0.717, 1.165) is 36.5 Å². The Kier molecular flexibility index (Phi) is 4.60. The maximum absolute atomic E-state index is 13.1. The fourth-order valence-corrected chi connectivity index (χ4v) is 3.63. The van der Waals surface area contributed by atoms with Crippen molar-refractivity contribution in [3.05, 3.63) is 53.6 Å². The molecule has 0 saturated carbocycles. The van der Waals surface area contributed by atoms with E-state index in [1.54, 1.807) is 6.07 Å². The molecule has 4 heterocycles. The molecule has 3 aromatic rings. The summed E-state index contributed by atoms with van der Waals surface area (Å²) in [4.78, 5) is 26.3. The van der Waals surface area contributed by atoms with E-state index in [1.807, 2.05) is 29.3 Å². The Morgan fingerprint density at radius 1 is 1.14 bits per heavy atom. The van der Waals surface area contributed by atoms with Gasteiger partial charge in [0.05, 0.1) is 31.1 Å². The summed E-state index contributed by atoms with van der Waals surface area (Å²) in [6.07, 6.45) is 4.15. The van der Waals surface area contributed by atoms with Gasteiger partial charge in [0.25, 0.3) is 5.91 Å². The van der Waals surface area contributed by atoms with Crippen LogP contribution in [-0.4, -0.2) is 73.8 Å². The molecule has 0 atom stereocenters. The Morgan fingerprint density at radius 2 is 2.03 bits per heavy atom. The van der Waals surface area contributed by atoms with Crippen LogP contribution in [0.2, 0.25) is 0 Å². The number of hydrogen-bond acceptors (Lipinski definition) is 8. The predicted molar refractivity (Wildman–Crippen MR) is 103 cm³/mol. The monoisotopic (exact) mass is 392 g/mol.